The van der Waals surface area contributed by atoms with Gasteiger partial charge < -0.3 is 4.90 Å². The zero-order chi connectivity index (χ0) is 23.5. The zero-order valence-electron chi connectivity index (χ0n) is 18.0. The zero-order valence-corrected chi connectivity index (χ0v) is 20.4. The minimum atomic E-state index is -4.00. The Balaban J connectivity index is 1.93. The van der Waals surface area contributed by atoms with Crippen molar-refractivity contribution in [3.8, 4) is 0 Å². The minimum absolute atomic E-state index is 0.105. The van der Waals surface area contributed by atoms with E-state index in [2.05, 4.69) is 0 Å². The average molecular weight is 491 g/mol. The summed E-state index contributed by atoms with van der Waals surface area (Å²) in [6, 6.07) is 18.6. The fraction of sp³-hybridized carbons (Fsp3) is 0.208. The molecule has 0 aliphatic rings. The van der Waals surface area contributed by atoms with E-state index in [9.17, 15) is 13.2 Å². The summed E-state index contributed by atoms with van der Waals surface area (Å²) in [7, 11) is -2.36. The Bertz CT molecular complexity index is 1210. The molecule has 0 saturated heterocycles. The van der Waals surface area contributed by atoms with Gasteiger partial charge in [-0.05, 0) is 61.4 Å². The largest absolute Gasteiger partial charge is 0.340 e. The lowest BCUT2D eigenvalue weighted by Crippen LogP contribution is -2.41. The molecular formula is C24H24Cl2N2O3S. The van der Waals surface area contributed by atoms with Gasteiger partial charge >= 0.3 is 0 Å². The van der Waals surface area contributed by atoms with E-state index in [0.717, 1.165) is 21.0 Å². The first-order valence-electron chi connectivity index (χ1n) is 9.92. The Morgan fingerprint density at radius 3 is 2.12 bits per heavy atom. The van der Waals surface area contributed by atoms with E-state index in [0.29, 0.717) is 22.3 Å². The summed E-state index contributed by atoms with van der Waals surface area (Å²) in [6.45, 7) is 3.67. The van der Waals surface area contributed by atoms with Gasteiger partial charge in [0.15, 0.2) is 0 Å². The summed E-state index contributed by atoms with van der Waals surface area (Å²) in [6.07, 6.45) is 0. The van der Waals surface area contributed by atoms with E-state index < -0.39 is 10.0 Å². The van der Waals surface area contributed by atoms with E-state index in [-0.39, 0.29) is 17.3 Å². The van der Waals surface area contributed by atoms with Crippen LogP contribution in [0.2, 0.25) is 10.0 Å². The molecule has 0 heterocycles. The van der Waals surface area contributed by atoms with Crippen molar-refractivity contribution < 1.29 is 13.2 Å². The number of likely N-dealkylation sites (N-methyl/N-ethyl adjacent to an activating group) is 1. The number of amides is 1. The number of anilines is 1. The third-order valence-corrected chi connectivity index (χ3v) is 7.54. The molecule has 0 aliphatic heterocycles. The topological polar surface area (TPSA) is 57.7 Å². The van der Waals surface area contributed by atoms with Gasteiger partial charge in [-0.3, -0.25) is 9.10 Å². The molecule has 3 rings (SSSR count). The molecule has 0 spiro atoms. The molecule has 0 unspecified atom stereocenters. The number of rotatable bonds is 7. The van der Waals surface area contributed by atoms with E-state index >= 15 is 0 Å². The fourth-order valence-electron chi connectivity index (χ4n) is 3.08. The molecule has 168 valence electrons. The fourth-order valence-corrected chi connectivity index (χ4v) is 4.79. The van der Waals surface area contributed by atoms with Gasteiger partial charge in [-0.25, -0.2) is 8.42 Å². The number of nitrogens with zero attached hydrogens (tertiary/aromatic N) is 2. The van der Waals surface area contributed by atoms with Crippen LogP contribution in [-0.4, -0.2) is 32.8 Å². The smallest absolute Gasteiger partial charge is 0.264 e. The third kappa shape index (κ3) is 5.63. The second kappa shape index (κ2) is 9.94. The normalized spacial score (nSPS) is 11.3. The first-order chi connectivity index (χ1) is 15.1. The highest BCUT2D eigenvalue weighted by Crippen LogP contribution is 2.28. The molecule has 0 atom stereocenters. The molecule has 0 fully saturated rings. The van der Waals surface area contributed by atoms with Crippen molar-refractivity contribution in [2.45, 2.75) is 25.3 Å². The number of carbonyl (C=O) groups is 1. The van der Waals surface area contributed by atoms with Crippen LogP contribution in [0.4, 0.5) is 5.69 Å². The van der Waals surface area contributed by atoms with Crippen molar-refractivity contribution in [3.05, 3.63) is 93.5 Å². The molecule has 5 nitrogen and oxygen atoms in total. The van der Waals surface area contributed by atoms with Crippen molar-refractivity contribution in [2.24, 2.45) is 0 Å². The predicted octanol–water partition coefficient (Wildman–Crippen LogP) is 5.46. The minimum Gasteiger partial charge on any atom is -0.340 e. The first-order valence-corrected chi connectivity index (χ1v) is 12.1. The molecule has 1 amide bonds. The van der Waals surface area contributed by atoms with Gasteiger partial charge in [0.05, 0.1) is 10.6 Å². The Kier molecular flexibility index (Phi) is 7.49. The maximum atomic E-state index is 13.5. The van der Waals surface area contributed by atoms with Crippen molar-refractivity contribution in [1.82, 2.24) is 4.90 Å². The van der Waals surface area contributed by atoms with Crippen LogP contribution in [0.1, 0.15) is 16.7 Å². The third-order valence-electron chi connectivity index (χ3n) is 5.09. The van der Waals surface area contributed by atoms with Gasteiger partial charge in [0.25, 0.3) is 10.0 Å². The Labute approximate surface area is 199 Å². The van der Waals surface area contributed by atoms with Gasteiger partial charge in [-0.2, -0.15) is 0 Å². The molecule has 0 saturated carbocycles. The van der Waals surface area contributed by atoms with Crippen molar-refractivity contribution in [3.63, 3.8) is 0 Å². The molecule has 3 aromatic carbocycles. The number of hydrogen-bond acceptors (Lipinski definition) is 3. The summed E-state index contributed by atoms with van der Waals surface area (Å²) in [5.41, 5.74) is 2.97. The number of aryl methyl sites for hydroxylation is 2. The molecular weight excluding hydrogens is 467 g/mol. The van der Waals surface area contributed by atoms with Crippen molar-refractivity contribution >= 4 is 44.8 Å². The Morgan fingerprint density at radius 1 is 0.906 bits per heavy atom. The Morgan fingerprint density at radius 2 is 1.53 bits per heavy atom. The SMILES string of the molecule is Cc1ccc(S(=O)(=O)N(CC(=O)N(C)Cc2ccc(Cl)cc2)c2ccc(C)c(Cl)c2)cc1. The molecule has 32 heavy (non-hydrogen) atoms. The first kappa shape index (κ1) is 24.1. The summed E-state index contributed by atoms with van der Waals surface area (Å²) < 4.78 is 28.1. The number of hydrogen-bond donors (Lipinski definition) is 0. The maximum Gasteiger partial charge on any atom is 0.264 e. The van der Waals surface area contributed by atoms with E-state index in [1.165, 1.54) is 17.0 Å². The average Bonchev–Trinajstić information content (AvgIpc) is 2.75. The number of halogens is 2. The van der Waals surface area contributed by atoms with Crippen LogP contribution < -0.4 is 4.31 Å². The second-order valence-corrected chi connectivity index (χ2v) is 10.3. The summed E-state index contributed by atoms with van der Waals surface area (Å²) in [5.74, 6) is -0.354. The second-order valence-electron chi connectivity index (χ2n) is 7.63. The lowest BCUT2D eigenvalue weighted by molar-refractivity contribution is -0.128. The molecule has 0 aromatic heterocycles. The number of benzene rings is 3. The molecule has 8 heteroatoms. The highest BCUT2D eigenvalue weighted by atomic mass is 35.5. The van der Waals surface area contributed by atoms with Crippen molar-refractivity contribution in [1.29, 1.82) is 0 Å². The highest BCUT2D eigenvalue weighted by Gasteiger charge is 2.28. The number of carbonyl (C=O) groups excluding carboxylic acids is 1. The molecule has 0 aliphatic carbocycles. The van der Waals surface area contributed by atoms with Crippen LogP contribution in [0.5, 0.6) is 0 Å². The van der Waals surface area contributed by atoms with Crippen LogP contribution in [0.25, 0.3) is 0 Å². The van der Waals surface area contributed by atoms with Crippen LogP contribution >= 0.6 is 23.2 Å². The number of sulfonamides is 1. The maximum absolute atomic E-state index is 13.5. The van der Waals surface area contributed by atoms with Gasteiger partial charge in [0.1, 0.15) is 6.54 Å². The lowest BCUT2D eigenvalue weighted by atomic mass is 10.2. The standard InChI is InChI=1S/C24H24Cl2N2O3S/c1-17-4-12-22(13-5-17)32(30,31)28(21-11-6-18(2)23(26)14-21)16-24(29)27(3)15-19-7-9-20(25)10-8-19/h4-14H,15-16H2,1-3H3. The molecule has 0 radical (unpaired) electrons. The molecule has 0 N–H and O–H groups in total. The van der Waals surface area contributed by atoms with Crippen LogP contribution in [0.3, 0.4) is 0 Å². The van der Waals surface area contributed by atoms with Gasteiger partial charge in [-0.1, -0.05) is 59.1 Å². The van der Waals surface area contributed by atoms with Crippen LogP contribution in [-0.2, 0) is 21.4 Å². The van der Waals surface area contributed by atoms with Gasteiger partial charge in [0.2, 0.25) is 5.91 Å². The van der Waals surface area contributed by atoms with Gasteiger partial charge in [-0.15, -0.1) is 0 Å². The van der Waals surface area contributed by atoms with E-state index in [4.69, 9.17) is 23.2 Å². The predicted molar refractivity (Wildman–Crippen MR) is 130 cm³/mol. The van der Waals surface area contributed by atoms with Gasteiger partial charge in [0, 0.05) is 23.6 Å². The van der Waals surface area contributed by atoms with Crippen LogP contribution in [0, 0.1) is 13.8 Å². The molecule has 0 bridgehead atoms. The monoisotopic (exact) mass is 490 g/mol. The van der Waals surface area contributed by atoms with Crippen LogP contribution in [0.15, 0.2) is 71.6 Å². The highest BCUT2D eigenvalue weighted by molar-refractivity contribution is 7.92. The van der Waals surface area contributed by atoms with E-state index in [1.807, 2.05) is 26.0 Å². The summed E-state index contributed by atoms with van der Waals surface area (Å²) in [4.78, 5) is 14.6. The summed E-state index contributed by atoms with van der Waals surface area (Å²) >= 11 is 12.2. The van der Waals surface area contributed by atoms with Crippen molar-refractivity contribution in [2.75, 3.05) is 17.9 Å². The quantitative estimate of drug-likeness (QED) is 0.441. The lowest BCUT2D eigenvalue weighted by Gasteiger charge is -2.27. The van der Waals surface area contributed by atoms with E-state index in [1.54, 1.807) is 49.5 Å². The Hall–Kier alpha value is -2.54. The molecule has 3 aromatic rings. The summed E-state index contributed by atoms with van der Waals surface area (Å²) in [5, 5.41) is 1.03.